The first kappa shape index (κ1) is 29.3. The Bertz CT molecular complexity index is 1640. The molecule has 0 spiro atoms. The molecule has 0 saturated carbocycles. The minimum absolute atomic E-state index is 0.207. The fourth-order valence-corrected chi connectivity index (χ4v) is 5.68. The van der Waals surface area contributed by atoms with Crippen molar-refractivity contribution in [1.29, 1.82) is 0 Å². The first-order valence-electron chi connectivity index (χ1n) is 14.1. The van der Waals surface area contributed by atoms with Gasteiger partial charge in [-0.2, -0.15) is 4.98 Å². The molecule has 0 aliphatic carbocycles. The zero-order chi connectivity index (χ0) is 29.8. The summed E-state index contributed by atoms with van der Waals surface area (Å²) >= 11 is 1.60. The monoisotopic (exact) mass is 583 g/mol. The van der Waals surface area contributed by atoms with Crippen LogP contribution in [0.5, 0.6) is 11.5 Å². The maximum atomic E-state index is 14.0. The summed E-state index contributed by atoms with van der Waals surface area (Å²) in [7, 11) is 1.62. The minimum Gasteiger partial charge on any atom is -0.493 e. The van der Waals surface area contributed by atoms with Gasteiger partial charge in [0, 0.05) is 17.1 Å². The van der Waals surface area contributed by atoms with E-state index in [1.807, 2.05) is 69.3 Å². The van der Waals surface area contributed by atoms with Crippen LogP contribution in [0.2, 0.25) is 0 Å². The molecule has 0 radical (unpaired) electrons. The molecule has 0 fully saturated rings. The van der Waals surface area contributed by atoms with E-state index in [0.29, 0.717) is 40.5 Å². The van der Waals surface area contributed by atoms with Crippen molar-refractivity contribution in [2.24, 2.45) is 0 Å². The number of allylic oxidation sites excluding steroid dienone is 1. The number of methoxy groups -OCH3 is 1. The van der Waals surface area contributed by atoms with Crippen LogP contribution in [0.1, 0.15) is 54.1 Å². The number of aromatic nitrogens is 3. The van der Waals surface area contributed by atoms with Gasteiger partial charge in [-0.25, -0.2) is 4.68 Å². The predicted molar refractivity (Wildman–Crippen MR) is 169 cm³/mol. The summed E-state index contributed by atoms with van der Waals surface area (Å²) in [6.45, 7) is 10.5. The second-order valence-electron chi connectivity index (χ2n) is 10.5. The summed E-state index contributed by atoms with van der Waals surface area (Å²) in [5.74, 6) is 2.49. The Morgan fingerprint density at radius 2 is 1.86 bits per heavy atom. The number of anilines is 2. The number of ether oxygens (including phenoxy) is 2. The Morgan fingerprint density at radius 1 is 1.05 bits per heavy atom. The van der Waals surface area contributed by atoms with Gasteiger partial charge in [-0.1, -0.05) is 66.7 Å². The van der Waals surface area contributed by atoms with Crippen molar-refractivity contribution in [1.82, 2.24) is 14.8 Å². The summed E-state index contributed by atoms with van der Waals surface area (Å²) < 4.78 is 13.7. The summed E-state index contributed by atoms with van der Waals surface area (Å²) in [4.78, 5) is 18.7. The average Bonchev–Trinajstić information content (AvgIpc) is 3.38. The topological polar surface area (TPSA) is 90.3 Å². The van der Waals surface area contributed by atoms with Crippen molar-refractivity contribution in [2.45, 2.75) is 58.8 Å². The lowest BCUT2D eigenvalue weighted by Crippen LogP contribution is -2.31. The highest BCUT2D eigenvalue weighted by molar-refractivity contribution is 7.99. The van der Waals surface area contributed by atoms with Gasteiger partial charge in [0.25, 0.3) is 5.91 Å². The minimum atomic E-state index is -0.533. The van der Waals surface area contributed by atoms with Gasteiger partial charge in [-0.3, -0.25) is 4.79 Å². The number of amides is 1. The molecule has 1 aliphatic heterocycles. The van der Waals surface area contributed by atoms with E-state index in [2.05, 4.69) is 36.6 Å². The molecule has 9 heteroatoms. The van der Waals surface area contributed by atoms with E-state index >= 15 is 0 Å². The van der Waals surface area contributed by atoms with E-state index in [-0.39, 0.29) is 5.91 Å². The second-order valence-corrected chi connectivity index (χ2v) is 11.5. The molecular weight excluding hydrogens is 546 g/mol. The largest absolute Gasteiger partial charge is 0.493 e. The molecule has 1 unspecified atom stereocenters. The lowest BCUT2D eigenvalue weighted by molar-refractivity contribution is -0.113. The zero-order valence-corrected chi connectivity index (χ0v) is 25.8. The third-order valence-electron chi connectivity index (χ3n) is 7.35. The molecule has 8 nitrogen and oxygen atoms in total. The normalized spacial score (nSPS) is 14.3. The molecule has 5 rings (SSSR count). The number of hydrogen-bond acceptors (Lipinski definition) is 7. The van der Waals surface area contributed by atoms with Crippen LogP contribution in [0.4, 0.5) is 11.6 Å². The van der Waals surface area contributed by atoms with Gasteiger partial charge in [0.15, 0.2) is 11.5 Å². The standard InChI is InChI=1S/C33H37N5O3S/c1-7-16-42-33-36-32-34-23(5)29(31(39)35-26-13-9-11-21(3)22(26)4)30(38(32)37-33)25-14-15-27(28(18-25)40-6)41-19-24-12-8-10-20(2)17-24/h8-15,17-18,30H,7,16,19H2,1-6H3,(H,35,39)(H,34,36,37). The Balaban J connectivity index is 1.52. The van der Waals surface area contributed by atoms with Crippen LogP contribution in [0.3, 0.4) is 0 Å². The van der Waals surface area contributed by atoms with E-state index in [1.54, 1.807) is 23.6 Å². The lowest BCUT2D eigenvalue weighted by Gasteiger charge is -2.29. The highest BCUT2D eigenvalue weighted by Gasteiger charge is 2.35. The van der Waals surface area contributed by atoms with Crippen LogP contribution in [0.15, 0.2) is 77.1 Å². The maximum Gasteiger partial charge on any atom is 0.255 e. The van der Waals surface area contributed by atoms with Gasteiger partial charge in [0.05, 0.1) is 12.7 Å². The fourth-order valence-electron chi connectivity index (χ4n) is 5.00. The van der Waals surface area contributed by atoms with Crippen molar-refractivity contribution in [3.63, 3.8) is 0 Å². The Kier molecular flexibility index (Phi) is 8.87. The summed E-state index contributed by atoms with van der Waals surface area (Å²) in [5.41, 5.74) is 7.27. The number of nitrogens with zero attached hydrogens (tertiary/aromatic N) is 3. The Hall–Kier alpha value is -4.24. The van der Waals surface area contributed by atoms with Crippen LogP contribution in [0.25, 0.3) is 0 Å². The highest BCUT2D eigenvalue weighted by atomic mass is 32.2. The fraction of sp³-hybridized carbons (Fsp3) is 0.303. The van der Waals surface area contributed by atoms with Crippen molar-refractivity contribution in [2.75, 3.05) is 23.5 Å². The molecule has 0 bridgehead atoms. The van der Waals surface area contributed by atoms with Crippen LogP contribution >= 0.6 is 11.8 Å². The van der Waals surface area contributed by atoms with Crippen LogP contribution in [0, 0.1) is 20.8 Å². The van der Waals surface area contributed by atoms with Crippen LogP contribution in [-0.2, 0) is 11.4 Å². The number of nitrogens with one attached hydrogen (secondary N) is 2. The smallest absolute Gasteiger partial charge is 0.255 e. The van der Waals surface area contributed by atoms with Crippen molar-refractivity contribution < 1.29 is 14.3 Å². The zero-order valence-electron chi connectivity index (χ0n) is 24.9. The number of aryl methyl sites for hydroxylation is 2. The van der Waals surface area contributed by atoms with E-state index in [1.165, 1.54) is 5.56 Å². The van der Waals surface area contributed by atoms with Gasteiger partial charge in [-0.05, 0) is 74.6 Å². The molecule has 2 N–H and O–H groups in total. The number of thioether (sulfide) groups is 1. The van der Waals surface area contributed by atoms with E-state index in [0.717, 1.165) is 40.1 Å². The highest BCUT2D eigenvalue weighted by Crippen LogP contribution is 2.40. The number of hydrogen-bond donors (Lipinski definition) is 2. The Morgan fingerprint density at radius 3 is 2.62 bits per heavy atom. The quantitative estimate of drug-likeness (QED) is 0.191. The van der Waals surface area contributed by atoms with Gasteiger partial charge in [0.2, 0.25) is 11.1 Å². The Labute approximate surface area is 251 Å². The summed E-state index contributed by atoms with van der Waals surface area (Å²) in [6, 6.07) is 19.4. The number of fused-ring (bicyclic) bond motifs is 1. The molecule has 1 amide bonds. The first-order valence-corrected chi connectivity index (χ1v) is 15.1. The molecule has 1 atom stereocenters. The van der Waals surface area contributed by atoms with Crippen LogP contribution < -0.4 is 20.1 Å². The number of rotatable bonds is 10. The van der Waals surface area contributed by atoms with E-state index in [4.69, 9.17) is 19.6 Å². The summed E-state index contributed by atoms with van der Waals surface area (Å²) in [6.07, 6.45) is 1.01. The van der Waals surface area contributed by atoms with E-state index < -0.39 is 6.04 Å². The molecule has 0 saturated heterocycles. The first-order chi connectivity index (χ1) is 20.3. The summed E-state index contributed by atoms with van der Waals surface area (Å²) in [5, 5.41) is 12.0. The SMILES string of the molecule is CCCSc1nc2n(n1)C(c1ccc(OCc3cccc(C)c3)c(OC)c1)C(C(=O)Nc1cccc(C)c1C)=C(C)N2. The maximum absolute atomic E-state index is 14.0. The molecule has 3 aromatic carbocycles. The molecule has 4 aromatic rings. The van der Waals surface area contributed by atoms with Gasteiger partial charge < -0.3 is 20.1 Å². The average molecular weight is 584 g/mol. The lowest BCUT2D eigenvalue weighted by atomic mass is 9.94. The number of benzene rings is 3. The molecular formula is C33H37N5O3S. The molecule has 42 heavy (non-hydrogen) atoms. The van der Waals surface area contributed by atoms with Crippen LogP contribution in [-0.4, -0.2) is 33.5 Å². The van der Waals surface area contributed by atoms with Crippen molar-refractivity contribution >= 4 is 29.3 Å². The van der Waals surface area contributed by atoms with Crippen molar-refractivity contribution in [3.8, 4) is 11.5 Å². The van der Waals surface area contributed by atoms with Gasteiger partial charge >= 0.3 is 0 Å². The number of carbonyl (C=O) groups is 1. The van der Waals surface area contributed by atoms with Crippen molar-refractivity contribution in [3.05, 3.63) is 99.8 Å². The third-order valence-corrected chi connectivity index (χ3v) is 8.39. The third kappa shape index (κ3) is 6.16. The van der Waals surface area contributed by atoms with E-state index in [9.17, 15) is 4.79 Å². The van der Waals surface area contributed by atoms with Gasteiger partial charge in [-0.15, -0.1) is 5.10 Å². The molecule has 1 aromatic heterocycles. The van der Waals surface area contributed by atoms with Gasteiger partial charge in [0.1, 0.15) is 12.6 Å². The predicted octanol–water partition coefficient (Wildman–Crippen LogP) is 7.22. The number of carbonyl (C=O) groups excluding carboxylic acids is 1. The molecule has 218 valence electrons. The second kappa shape index (κ2) is 12.7. The molecule has 1 aliphatic rings. The molecule has 2 heterocycles.